The van der Waals surface area contributed by atoms with E-state index in [9.17, 15) is 19.2 Å². The number of nitrogens with zero attached hydrogens (tertiary/aromatic N) is 7. The van der Waals surface area contributed by atoms with E-state index in [1.54, 1.807) is 16.9 Å². The van der Waals surface area contributed by atoms with E-state index < -0.39 is 22.5 Å². The number of benzene rings is 1. The van der Waals surface area contributed by atoms with Crippen molar-refractivity contribution in [1.82, 2.24) is 29.1 Å². The Balaban J connectivity index is 1.53. The average Bonchev–Trinajstić information content (AvgIpc) is 3.84. The lowest BCUT2D eigenvalue weighted by Crippen LogP contribution is -2.40. The number of rotatable bonds is 6. The number of methoxy groups -OCH3 is 1. The zero-order valence-corrected chi connectivity index (χ0v) is 22.1. The van der Waals surface area contributed by atoms with E-state index in [1.165, 1.54) is 23.9 Å². The summed E-state index contributed by atoms with van der Waals surface area (Å²) < 4.78 is 24.0. The molecule has 10 nitrogen and oxygen atoms in total. The molecule has 0 unspecified atom stereocenters. The predicted octanol–water partition coefficient (Wildman–Crippen LogP) is 4.46. The number of hydrogen-bond acceptors (Lipinski definition) is 8. The molecular weight excluding hydrogens is 545 g/mol. The first-order valence-corrected chi connectivity index (χ1v) is 13.5. The van der Waals surface area contributed by atoms with E-state index >= 15 is 0 Å². The number of ether oxygens (including phenoxy) is 1. The number of halogens is 2. The van der Waals surface area contributed by atoms with Gasteiger partial charge in [0, 0.05) is 17.0 Å². The lowest BCUT2D eigenvalue weighted by Gasteiger charge is -2.15. The normalized spacial score (nSPS) is 16.1. The second kappa shape index (κ2) is 8.46. The molecule has 0 amide bonds. The molecule has 0 bridgehead atoms. The Bertz CT molecular complexity index is 2000. The molecule has 13 heteroatoms. The van der Waals surface area contributed by atoms with Crippen molar-refractivity contribution in [1.29, 1.82) is 5.26 Å². The van der Waals surface area contributed by atoms with Gasteiger partial charge in [-0.05, 0) is 43.9 Å². The number of thiophene rings is 1. The maximum atomic E-state index is 14.2. The lowest BCUT2D eigenvalue weighted by molar-refractivity contribution is 0.387. The van der Waals surface area contributed by atoms with E-state index in [1.807, 2.05) is 0 Å². The molecule has 1 aromatic carbocycles. The van der Waals surface area contributed by atoms with Gasteiger partial charge in [-0.15, -0.1) is 16.4 Å². The molecule has 4 aromatic heterocycles. The average molecular weight is 564 g/mol. The summed E-state index contributed by atoms with van der Waals surface area (Å²) in [7, 11) is 1.35. The van der Waals surface area contributed by atoms with Crippen LogP contribution in [0.4, 0.5) is 4.39 Å². The summed E-state index contributed by atoms with van der Waals surface area (Å²) in [4.78, 5) is 32.9. The van der Waals surface area contributed by atoms with E-state index in [4.69, 9.17) is 16.3 Å². The van der Waals surface area contributed by atoms with Crippen molar-refractivity contribution in [2.45, 2.75) is 38.3 Å². The second-order valence-electron chi connectivity index (χ2n) is 9.98. The Morgan fingerprint density at radius 2 is 2.05 bits per heavy atom. The minimum atomic E-state index is -0.681. The van der Waals surface area contributed by atoms with Crippen molar-refractivity contribution < 1.29 is 9.13 Å². The summed E-state index contributed by atoms with van der Waals surface area (Å²) in [6.07, 6.45) is 6.19. The summed E-state index contributed by atoms with van der Waals surface area (Å²) in [5.74, 6) is -0.612. The molecule has 0 radical (unpaired) electrons. The Kier molecular flexibility index (Phi) is 5.20. The fraction of sp³-hybridized carbons (Fsp3) is 0.308. The molecule has 0 saturated heterocycles. The highest BCUT2D eigenvalue weighted by molar-refractivity contribution is 7.22. The lowest BCUT2D eigenvalue weighted by atomic mass is 10.1. The van der Waals surface area contributed by atoms with E-state index in [0.717, 1.165) is 34.8 Å². The first-order valence-electron chi connectivity index (χ1n) is 12.3. The zero-order valence-electron chi connectivity index (χ0n) is 20.5. The molecule has 5 aromatic rings. The molecule has 0 N–H and O–H groups in total. The van der Waals surface area contributed by atoms with Crippen molar-refractivity contribution in [2.75, 3.05) is 7.11 Å². The molecule has 2 aliphatic rings. The van der Waals surface area contributed by atoms with Gasteiger partial charge in [0.05, 0.1) is 53.3 Å². The Morgan fingerprint density at radius 1 is 1.26 bits per heavy atom. The molecule has 2 fully saturated rings. The predicted molar refractivity (Wildman–Crippen MR) is 143 cm³/mol. The number of fused-ring (bicyclic) bond motifs is 2. The third-order valence-corrected chi connectivity index (χ3v) is 8.83. The van der Waals surface area contributed by atoms with E-state index in [0.29, 0.717) is 44.5 Å². The summed E-state index contributed by atoms with van der Waals surface area (Å²) >= 11 is 7.53. The van der Waals surface area contributed by atoms with E-state index in [-0.39, 0.29) is 29.0 Å². The van der Waals surface area contributed by atoms with Gasteiger partial charge >= 0.3 is 5.69 Å². The van der Waals surface area contributed by atoms with Crippen LogP contribution in [-0.4, -0.2) is 36.2 Å². The van der Waals surface area contributed by atoms with Crippen LogP contribution in [0.2, 0.25) is 5.02 Å². The molecule has 4 heterocycles. The van der Waals surface area contributed by atoms with Gasteiger partial charge in [-0.1, -0.05) is 16.8 Å². The molecule has 0 spiro atoms. The van der Waals surface area contributed by atoms with Crippen LogP contribution in [0, 0.1) is 22.6 Å². The highest BCUT2D eigenvalue weighted by Gasteiger charge is 2.44. The quantitative estimate of drug-likeness (QED) is 0.299. The molecule has 2 saturated carbocycles. The third kappa shape index (κ3) is 3.68. The Labute approximate surface area is 228 Å². The van der Waals surface area contributed by atoms with Crippen molar-refractivity contribution in [3.8, 4) is 27.9 Å². The topological polar surface area (TPSA) is 121 Å². The summed E-state index contributed by atoms with van der Waals surface area (Å²) in [5.41, 5.74) is 0.365. The van der Waals surface area contributed by atoms with E-state index in [2.05, 4.69) is 21.4 Å². The highest BCUT2D eigenvalue weighted by Crippen LogP contribution is 2.47. The fourth-order valence-corrected chi connectivity index (χ4v) is 6.33. The van der Waals surface area contributed by atoms with Crippen molar-refractivity contribution in [3.05, 3.63) is 62.3 Å². The molecule has 196 valence electrons. The molecule has 2 aliphatic carbocycles. The monoisotopic (exact) mass is 563 g/mol. The van der Waals surface area contributed by atoms with Crippen LogP contribution in [0.15, 0.2) is 40.2 Å². The maximum Gasteiger partial charge on any atom is 0.336 e. The van der Waals surface area contributed by atoms with Crippen LogP contribution in [0.1, 0.15) is 31.7 Å². The van der Waals surface area contributed by atoms with Gasteiger partial charge in [0.25, 0.3) is 5.56 Å². The largest absolute Gasteiger partial charge is 0.494 e. The molecule has 7 rings (SSSR count). The van der Waals surface area contributed by atoms with Gasteiger partial charge in [-0.3, -0.25) is 14.3 Å². The van der Waals surface area contributed by atoms with Crippen molar-refractivity contribution in [3.63, 3.8) is 0 Å². The Hall–Kier alpha value is -4.08. The highest BCUT2D eigenvalue weighted by atomic mass is 35.5. The van der Waals surface area contributed by atoms with Crippen LogP contribution in [0.25, 0.3) is 37.4 Å². The standard InChI is InChI=1S/C26H19ClFN7O3S/c1-38-20-6-14(15(27)7-16(20)28)21-8-18-23(39-21)24(36)34(25(37)33(18)12-26(11-29)4-5-26)19-10-30-9-17-22(19)35(32-31-17)13-2-3-13/h6-10,13H,2-5,12H2,1H3. The van der Waals surface area contributed by atoms with Crippen LogP contribution >= 0.6 is 22.9 Å². The van der Waals surface area contributed by atoms with Crippen LogP contribution < -0.4 is 16.0 Å². The summed E-state index contributed by atoms with van der Waals surface area (Å²) in [5, 5.41) is 18.4. The van der Waals surface area contributed by atoms with Crippen LogP contribution in [0.5, 0.6) is 5.75 Å². The van der Waals surface area contributed by atoms with Gasteiger partial charge in [0.1, 0.15) is 15.7 Å². The van der Waals surface area contributed by atoms with Gasteiger partial charge in [0.2, 0.25) is 0 Å². The molecule has 39 heavy (non-hydrogen) atoms. The SMILES string of the molecule is COc1cc(-c2cc3c(s2)c(=O)n(-c2cncc4nnn(C5CC5)c24)c(=O)n3CC2(C#N)CC2)c(Cl)cc1F. The fourth-order valence-electron chi connectivity index (χ4n) is 4.90. The van der Waals surface area contributed by atoms with Gasteiger partial charge in [-0.25, -0.2) is 18.4 Å². The number of aromatic nitrogens is 6. The second-order valence-corrected chi connectivity index (χ2v) is 11.4. The summed E-state index contributed by atoms with van der Waals surface area (Å²) in [6, 6.07) is 6.79. The molecule has 0 aliphatic heterocycles. The number of pyridine rings is 1. The number of hydrogen-bond donors (Lipinski definition) is 0. The molecule has 0 atom stereocenters. The zero-order chi connectivity index (χ0) is 27.1. The minimum absolute atomic E-state index is 0.00154. The molecular formula is C26H19ClFN7O3S. The third-order valence-electron chi connectivity index (χ3n) is 7.37. The first kappa shape index (κ1) is 24.0. The van der Waals surface area contributed by atoms with Gasteiger partial charge < -0.3 is 4.74 Å². The Morgan fingerprint density at radius 3 is 2.74 bits per heavy atom. The summed E-state index contributed by atoms with van der Waals surface area (Å²) in [6.45, 7) is 0.124. The minimum Gasteiger partial charge on any atom is -0.494 e. The van der Waals surface area contributed by atoms with Crippen molar-refractivity contribution in [2.24, 2.45) is 5.41 Å². The first-order chi connectivity index (χ1) is 18.8. The van der Waals surface area contributed by atoms with Crippen molar-refractivity contribution >= 4 is 44.2 Å². The smallest absolute Gasteiger partial charge is 0.336 e. The van der Waals surface area contributed by atoms with Gasteiger partial charge in [0.15, 0.2) is 11.6 Å². The van der Waals surface area contributed by atoms with Crippen LogP contribution in [-0.2, 0) is 6.54 Å². The maximum absolute atomic E-state index is 14.2. The van der Waals surface area contributed by atoms with Crippen LogP contribution in [0.3, 0.4) is 0 Å². The number of nitriles is 1. The van der Waals surface area contributed by atoms with Gasteiger partial charge in [-0.2, -0.15) is 5.26 Å².